The molecular weight excluding hydrogens is 366 g/mol. The van der Waals surface area contributed by atoms with Gasteiger partial charge in [-0.1, -0.05) is 6.07 Å². The van der Waals surface area contributed by atoms with E-state index in [4.69, 9.17) is 5.73 Å². The molecule has 2 N–H and O–H groups in total. The van der Waals surface area contributed by atoms with Gasteiger partial charge in [0.15, 0.2) is 11.5 Å². The van der Waals surface area contributed by atoms with Gasteiger partial charge in [0.2, 0.25) is 5.95 Å². The molecule has 0 aliphatic heterocycles. The first kappa shape index (κ1) is 16.9. The number of aromatic nitrogens is 6. The van der Waals surface area contributed by atoms with E-state index in [1.54, 1.807) is 18.5 Å². The molecule has 0 bridgehead atoms. The zero-order valence-electron chi connectivity index (χ0n) is 13.5. The molecule has 0 atom stereocenters. The van der Waals surface area contributed by atoms with E-state index in [9.17, 15) is 17.6 Å². The van der Waals surface area contributed by atoms with Crippen molar-refractivity contribution in [1.29, 1.82) is 0 Å². The second-order valence-corrected chi connectivity index (χ2v) is 5.71. The Labute approximate surface area is 149 Å². The van der Waals surface area contributed by atoms with E-state index in [-0.39, 0.29) is 18.1 Å². The van der Waals surface area contributed by atoms with Gasteiger partial charge in [0.05, 0.1) is 23.7 Å². The SMILES string of the molecule is Nc1nc(-n2cccn2)c2cnn(Cc3ccc(F)c(C(F)(F)F)c3)c2n1. The van der Waals surface area contributed by atoms with E-state index < -0.39 is 17.6 Å². The molecule has 7 nitrogen and oxygen atoms in total. The molecule has 0 radical (unpaired) electrons. The van der Waals surface area contributed by atoms with Crippen molar-refractivity contribution in [2.45, 2.75) is 12.7 Å². The Morgan fingerprint density at radius 1 is 1.11 bits per heavy atom. The largest absolute Gasteiger partial charge is 0.419 e. The minimum absolute atomic E-state index is 0.0372. The highest BCUT2D eigenvalue weighted by molar-refractivity contribution is 5.83. The van der Waals surface area contributed by atoms with Crippen LogP contribution in [0.2, 0.25) is 0 Å². The van der Waals surface area contributed by atoms with Gasteiger partial charge in [-0.05, 0) is 23.8 Å². The molecule has 4 aromatic rings. The third-order valence-electron chi connectivity index (χ3n) is 3.88. The molecule has 0 saturated heterocycles. The van der Waals surface area contributed by atoms with E-state index in [0.717, 1.165) is 12.1 Å². The second-order valence-electron chi connectivity index (χ2n) is 5.71. The molecule has 4 rings (SSSR count). The number of anilines is 1. The van der Waals surface area contributed by atoms with E-state index in [1.807, 2.05) is 0 Å². The molecule has 3 aromatic heterocycles. The molecule has 0 aliphatic carbocycles. The average molecular weight is 377 g/mol. The number of nitrogens with two attached hydrogens (primary N) is 1. The number of fused-ring (bicyclic) bond motifs is 1. The summed E-state index contributed by atoms with van der Waals surface area (Å²) < 4.78 is 55.1. The van der Waals surface area contributed by atoms with Gasteiger partial charge < -0.3 is 5.73 Å². The van der Waals surface area contributed by atoms with E-state index in [0.29, 0.717) is 16.9 Å². The van der Waals surface area contributed by atoms with Gasteiger partial charge in [-0.15, -0.1) is 0 Å². The van der Waals surface area contributed by atoms with Gasteiger partial charge in [0, 0.05) is 12.4 Å². The van der Waals surface area contributed by atoms with Crippen LogP contribution in [0, 0.1) is 5.82 Å². The second kappa shape index (κ2) is 6.04. The summed E-state index contributed by atoms with van der Waals surface area (Å²) in [6.45, 7) is -0.0537. The molecule has 0 amide bonds. The molecule has 3 heterocycles. The number of nitrogen functional groups attached to an aromatic ring is 1. The summed E-state index contributed by atoms with van der Waals surface area (Å²) in [5.74, 6) is -0.974. The van der Waals surface area contributed by atoms with Gasteiger partial charge in [0.1, 0.15) is 5.82 Å². The molecule has 138 valence electrons. The lowest BCUT2D eigenvalue weighted by molar-refractivity contribution is -0.140. The zero-order valence-corrected chi connectivity index (χ0v) is 13.5. The monoisotopic (exact) mass is 377 g/mol. The minimum Gasteiger partial charge on any atom is -0.368 e. The molecule has 11 heteroatoms. The van der Waals surface area contributed by atoms with E-state index in [2.05, 4.69) is 20.2 Å². The van der Waals surface area contributed by atoms with Crippen molar-refractivity contribution in [2.24, 2.45) is 0 Å². The first-order chi connectivity index (χ1) is 12.8. The zero-order chi connectivity index (χ0) is 19.2. The Morgan fingerprint density at radius 3 is 2.63 bits per heavy atom. The van der Waals surface area contributed by atoms with Crippen LogP contribution in [0.4, 0.5) is 23.5 Å². The van der Waals surface area contributed by atoms with Gasteiger partial charge in [-0.3, -0.25) is 0 Å². The Bertz CT molecular complexity index is 1120. The van der Waals surface area contributed by atoms with Crippen molar-refractivity contribution in [2.75, 3.05) is 5.73 Å². The van der Waals surface area contributed by atoms with Crippen LogP contribution in [-0.4, -0.2) is 29.5 Å². The number of hydrogen-bond acceptors (Lipinski definition) is 5. The highest BCUT2D eigenvalue weighted by Crippen LogP contribution is 2.32. The van der Waals surface area contributed by atoms with Crippen LogP contribution >= 0.6 is 0 Å². The Hall–Kier alpha value is -3.50. The average Bonchev–Trinajstić information content (AvgIpc) is 3.25. The Kier molecular flexibility index (Phi) is 3.79. The number of alkyl halides is 3. The number of benzene rings is 1. The van der Waals surface area contributed by atoms with E-state index >= 15 is 0 Å². The highest BCUT2D eigenvalue weighted by atomic mass is 19.4. The fraction of sp³-hybridized carbons (Fsp3) is 0.125. The lowest BCUT2D eigenvalue weighted by Gasteiger charge is -2.11. The van der Waals surface area contributed by atoms with Crippen LogP contribution in [0.1, 0.15) is 11.1 Å². The van der Waals surface area contributed by atoms with Crippen molar-refractivity contribution >= 4 is 17.0 Å². The van der Waals surface area contributed by atoms with Crippen LogP contribution in [0.15, 0.2) is 42.9 Å². The Morgan fingerprint density at radius 2 is 1.93 bits per heavy atom. The predicted molar refractivity (Wildman–Crippen MR) is 87.4 cm³/mol. The van der Waals surface area contributed by atoms with Crippen molar-refractivity contribution < 1.29 is 17.6 Å². The smallest absolute Gasteiger partial charge is 0.368 e. The molecule has 0 unspecified atom stereocenters. The fourth-order valence-corrected chi connectivity index (χ4v) is 2.70. The lowest BCUT2D eigenvalue weighted by atomic mass is 10.1. The third-order valence-corrected chi connectivity index (χ3v) is 3.88. The summed E-state index contributed by atoms with van der Waals surface area (Å²) in [5.41, 5.74) is 4.96. The number of nitrogens with zero attached hydrogens (tertiary/aromatic N) is 6. The number of rotatable bonds is 3. The summed E-state index contributed by atoms with van der Waals surface area (Å²) in [6.07, 6.45) is -0.0913. The maximum atomic E-state index is 13.5. The van der Waals surface area contributed by atoms with Gasteiger partial charge in [-0.2, -0.15) is 33.3 Å². The third kappa shape index (κ3) is 3.07. The minimum atomic E-state index is -4.79. The standard InChI is InChI=1S/C16H11F4N7/c17-12-3-2-9(6-11(12)16(18,19)20)8-27-14-10(7-23-27)13(24-15(21)25-14)26-5-1-4-22-26/h1-7H,8H2,(H2,21,24,25). The maximum Gasteiger partial charge on any atom is 0.419 e. The van der Waals surface area contributed by atoms with Crippen LogP contribution in [0.5, 0.6) is 0 Å². The quantitative estimate of drug-likeness (QED) is 0.555. The summed E-state index contributed by atoms with van der Waals surface area (Å²) >= 11 is 0. The first-order valence-corrected chi connectivity index (χ1v) is 7.67. The first-order valence-electron chi connectivity index (χ1n) is 7.67. The molecule has 0 saturated carbocycles. The van der Waals surface area contributed by atoms with Crippen LogP contribution in [-0.2, 0) is 12.7 Å². The molecule has 0 aliphatic rings. The topological polar surface area (TPSA) is 87.4 Å². The molecule has 0 fully saturated rings. The van der Waals surface area contributed by atoms with Gasteiger partial charge in [0.25, 0.3) is 0 Å². The molecule has 27 heavy (non-hydrogen) atoms. The van der Waals surface area contributed by atoms with Gasteiger partial charge >= 0.3 is 6.18 Å². The summed E-state index contributed by atoms with van der Waals surface area (Å²) in [7, 11) is 0. The Balaban J connectivity index is 1.78. The summed E-state index contributed by atoms with van der Waals surface area (Å²) in [6, 6.07) is 4.49. The normalized spacial score (nSPS) is 12.0. The van der Waals surface area contributed by atoms with Crippen molar-refractivity contribution in [3.05, 3.63) is 59.8 Å². The van der Waals surface area contributed by atoms with Crippen LogP contribution in [0.3, 0.4) is 0 Å². The van der Waals surface area contributed by atoms with Crippen molar-refractivity contribution in [1.82, 2.24) is 29.5 Å². The number of halogens is 4. The van der Waals surface area contributed by atoms with Gasteiger partial charge in [-0.25, -0.2) is 13.8 Å². The maximum absolute atomic E-state index is 13.5. The molecule has 0 spiro atoms. The van der Waals surface area contributed by atoms with Crippen LogP contribution in [0.25, 0.3) is 16.9 Å². The van der Waals surface area contributed by atoms with Crippen molar-refractivity contribution in [3.63, 3.8) is 0 Å². The highest BCUT2D eigenvalue weighted by Gasteiger charge is 2.34. The van der Waals surface area contributed by atoms with E-state index in [1.165, 1.54) is 21.6 Å². The predicted octanol–water partition coefficient (Wildman–Crippen LogP) is 2.80. The van der Waals surface area contributed by atoms with Crippen molar-refractivity contribution in [3.8, 4) is 5.82 Å². The lowest BCUT2D eigenvalue weighted by Crippen LogP contribution is -2.11. The number of hydrogen-bond donors (Lipinski definition) is 1. The molecular formula is C16H11F4N7. The van der Waals surface area contributed by atoms with Crippen LogP contribution < -0.4 is 5.73 Å². The summed E-state index contributed by atoms with van der Waals surface area (Å²) in [5, 5.41) is 8.76. The summed E-state index contributed by atoms with van der Waals surface area (Å²) in [4.78, 5) is 8.26. The fourth-order valence-electron chi connectivity index (χ4n) is 2.70. The molecule has 1 aromatic carbocycles.